The lowest BCUT2D eigenvalue weighted by Crippen LogP contribution is -2.34. The molecule has 0 bridgehead atoms. The second-order valence-electron chi connectivity index (χ2n) is 4.73. The molecule has 0 heterocycles. The van der Waals surface area contributed by atoms with Crippen LogP contribution in [0.1, 0.15) is 53.4 Å². The molecule has 0 aromatic heterocycles. The maximum absolute atomic E-state index is 2.39. The molecule has 0 amide bonds. The summed E-state index contributed by atoms with van der Waals surface area (Å²) >= 11 is 0. The first-order valence-corrected chi connectivity index (χ1v) is 5.70. The molecule has 0 aliphatic heterocycles. The first kappa shape index (κ1) is 10.1. The van der Waals surface area contributed by atoms with Crippen LogP contribution in [-0.4, -0.2) is 0 Å². The molecule has 0 N–H and O–H groups in total. The van der Waals surface area contributed by atoms with Crippen LogP contribution in [0, 0.1) is 23.7 Å². The van der Waals surface area contributed by atoms with Crippen LogP contribution < -0.4 is 0 Å². The highest BCUT2D eigenvalue weighted by Gasteiger charge is 2.35. The van der Waals surface area contributed by atoms with Crippen molar-refractivity contribution in [2.45, 2.75) is 53.4 Å². The van der Waals surface area contributed by atoms with Gasteiger partial charge in [-0.2, -0.15) is 0 Å². The number of hydrogen-bond acceptors (Lipinski definition) is 0. The molecule has 0 aromatic rings. The zero-order valence-electron chi connectivity index (χ0n) is 9.14. The third-order valence-electron chi connectivity index (χ3n) is 3.88. The molecular formula is C12H24. The minimum absolute atomic E-state index is 0.898. The van der Waals surface area contributed by atoms with Gasteiger partial charge in [-0.25, -0.2) is 0 Å². The topological polar surface area (TPSA) is 0 Å². The van der Waals surface area contributed by atoms with Gasteiger partial charge < -0.3 is 0 Å². The molecule has 1 saturated carbocycles. The van der Waals surface area contributed by atoms with Crippen LogP contribution in [0.25, 0.3) is 0 Å². The number of rotatable bonds is 4. The van der Waals surface area contributed by atoms with Crippen molar-refractivity contribution in [1.82, 2.24) is 0 Å². The van der Waals surface area contributed by atoms with Crippen LogP contribution in [0.3, 0.4) is 0 Å². The van der Waals surface area contributed by atoms with Gasteiger partial charge in [-0.15, -0.1) is 0 Å². The minimum Gasteiger partial charge on any atom is -0.0651 e. The normalized spacial score (nSPS) is 31.8. The summed E-state index contributed by atoms with van der Waals surface area (Å²) in [6.07, 6.45) is 5.81. The quantitative estimate of drug-likeness (QED) is 0.592. The van der Waals surface area contributed by atoms with E-state index in [0.717, 1.165) is 23.7 Å². The summed E-state index contributed by atoms with van der Waals surface area (Å²) in [7, 11) is 0. The first-order valence-electron chi connectivity index (χ1n) is 5.70. The molecule has 0 radical (unpaired) electrons. The Balaban J connectivity index is 2.43. The Labute approximate surface area is 77.7 Å². The Morgan fingerprint density at radius 3 is 2.08 bits per heavy atom. The van der Waals surface area contributed by atoms with E-state index in [2.05, 4.69) is 27.7 Å². The van der Waals surface area contributed by atoms with E-state index in [-0.39, 0.29) is 0 Å². The van der Waals surface area contributed by atoms with Crippen LogP contribution in [0.2, 0.25) is 0 Å². The first-order chi connectivity index (χ1) is 5.70. The lowest BCUT2D eigenvalue weighted by atomic mass is 9.62. The Kier molecular flexibility index (Phi) is 3.61. The van der Waals surface area contributed by atoms with Crippen molar-refractivity contribution in [1.29, 1.82) is 0 Å². The average Bonchev–Trinajstić information content (AvgIpc) is 1.97. The van der Waals surface area contributed by atoms with Gasteiger partial charge in [0.2, 0.25) is 0 Å². The standard InChI is InChI=1S/C12H24/c1-5-10-7-8-12(10)11(6-2)9(3)4/h9-12H,5-8H2,1-4H3. The molecular weight excluding hydrogens is 144 g/mol. The Hall–Kier alpha value is 0. The molecule has 72 valence electrons. The van der Waals surface area contributed by atoms with Gasteiger partial charge in [0.25, 0.3) is 0 Å². The smallest absolute Gasteiger partial charge is 0.0355 e. The molecule has 3 unspecified atom stereocenters. The minimum atomic E-state index is 0.898. The van der Waals surface area contributed by atoms with E-state index in [0.29, 0.717) is 0 Å². The van der Waals surface area contributed by atoms with Gasteiger partial charge >= 0.3 is 0 Å². The molecule has 0 aromatic carbocycles. The van der Waals surface area contributed by atoms with Gasteiger partial charge in [0.15, 0.2) is 0 Å². The van der Waals surface area contributed by atoms with E-state index in [1.165, 1.54) is 25.7 Å². The third kappa shape index (κ3) is 1.84. The summed E-state index contributed by atoms with van der Waals surface area (Å²) in [5, 5.41) is 0. The van der Waals surface area contributed by atoms with E-state index in [1.54, 1.807) is 0 Å². The fraction of sp³-hybridized carbons (Fsp3) is 1.00. The van der Waals surface area contributed by atoms with Crippen LogP contribution >= 0.6 is 0 Å². The van der Waals surface area contributed by atoms with Crippen molar-refractivity contribution >= 4 is 0 Å². The van der Waals surface area contributed by atoms with Crippen LogP contribution in [0.4, 0.5) is 0 Å². The van der Waals surface area contributed by atoms with Crippen molar-refractivity contribution < 1.29 is 0 Å². The SMILES string of the molecule is CCC1CCC1C(CC)C(C)C. The zero-order valence-corrected chi connectivity index (χ0v) is 9.14. The van der Waals surface area contributed by atoms with Gasteiger partial charge in [-0.1, -0.05) is 40.5 Å². The lowest BCUT2D eigenvalue weighted by molar-refractivity contribution is 0.0701. The highest BCUT2D eigenvalue weighted by Crippen LogP contribution is 2.45. The van der Waals surface area contributed by atoms with Crippen molar-refractivity contribution in [3.05, 3.63) is 0 Å². The highest BCUT2D eigenvalue weighted by atomic mass is 14.4. The van der Waals surface area contributed by atoms with Crippen molar-refractivity contribution in [3.8, 4) is 0 Å². The lowest BCUT2D eigenvalue weighted by Gasteiger charge is -2.43. The largest absolute Gasteiger partial charge is 0.0651 e. The molecule has 1 fully saturated rings. The van der Waals surface area contributed by atoms with Crippen LogP contribution in [-0.2, 0) is 0 Å². The second-order valence-corrected chi connectivity index (χ2v) is 4.73. The van der Waals surface area contributed by atoms with E-state index in [9.17, 15) is 0 Å². The third-order valence-corrected chi connectivity index (χ3v) is 3.88. The molecule has 1 aliphatic carbocycles. The maximum atomic E-state index is 2.39. The summed E-state index contributed by atoms with van der Waals surface area (Å²) in [6.45, 7) is 9.48. The highest BCUT2D eigenvalue weighted by molar-refractivity contribution is 4.85. The van der Waals surface area contributed by atoms with Crippen LogP contribution in [0.15, 0.2) is 0 Å². The molecule has 0 heteroatoms. The van der Waals surface area contributed by atoms with Crippen LogP contribution in [0.5, 0.6) is 0 Å². The van der Waals surface area contributed by atoms with Crippen molar-refractivity contribution in [2.24, 2.45) is 23.7 Å². The van der Waals surface area contributed by atoms with Gasteiger partial charge in [0.05, 0.1) is 0 Å². The Morgan fingerprint density at radius 1 is 1.17 bits per heavy atom. The summed E-state index contributed by atoms with van der Waals surface area (Å²) in [4.78, 5) is 0. The fourth-order valence-electron chi connectivity index (χ4n) is 2.93. The predicted molar refractivity (Wildman–Crippen MR) is 55.1 cm³/mol. The van der Waals surface area contributed by atoms with Crippen molar-refractivity contribution in [3.63, 3.8) is 0 Å². The molecule has 1 aliphatic rings. The van der Waals surface area contributed by atoms with Gasteiger partial charge in [-0.05, 0) is 36.5 Å². The molecule has 1 rings (SSSR count). The Bertz CT molecular complexity index is 124. The van der Waals surface area contributed by atoms with Gasteiger partial charge in [0, 0.05) is 0 Å². The number of hydrogen-bond donors (Lipinski definition) is 0. The molecule has 12 heavy (non-hydrogen) atoms. The van der Waals surface area contributed by atoms with E-state index in [4.69, 9.17) is 0 Å². The summed E-state index contributed by atoms with van der Waals surface area (Å²) in [6, 6.07) is 0. The fourth-order valence-corrected chi connectivity index (χ4v) is 2.93. The predicted octanol–water partition coefficient (Wildman–Crippen LogP) is 4.10. The molecule has 0 nitrogen and oxygen atoms in total. The average molecular weight is 168 g/mol. The monoisotopic (exact) mass is 168 g/mol. The van der Waals surface area contributed by atoms with Gasteiger partial charge in [-0.3, -0.25) is 0 Å². The zero-order chi connectivity index (χ0) is 9.14. The Morgan fingerprint density at radius 2 is 1.83 bits per heavy atom. The maximum Gasteiger partial charge on any atom is -0.0355 e. The van der Waals surface area contributed by atoms with E-state index in [1.807, 2.05) is 0 Å². The molecule has 0 spiro atoms. The summed E-state index contributed by atoms with van der Waals surface area (Å²) < 4.78 is 0. The van der Waals surface area contributed by atoms with Crippen molar-refractivity contribution in [2.75, 3.05) is 0 Å². The summed E-state index contributed by atoms with van der Waals surface area (Å²) in [5.74, 6) is 4.04. The molecule has 3 atom stereocenters. The second kappa shape index (κ2) is 4.30. The van der Waals surface area contributed by atoms with E-state index < -0.39 is 0 Å². The van der Waals surface area contributed by atoms with Gasteiger partial charge in [0.1, 0.15) is 0 Å². The van der Waals surface area contributed by atoms with E-state index >= 15 is 0 Å². The molecule has 0 saturated heterocycles. The summed E-state index contributed by atoms with van der Waals surface area (Å²) in [5.41, 5.74) is 0.